The summed E-state index contributed by atoms with van der Waals surface area (Å²) in [5.74, 6) is 1.38. The van der Waals surface area contributed by atoms with Gasteiger partial charge in [0.1, 0.15) is 5.82 Å². The fourth-order valence-electron chi connectivity index (χ4n) is 3.09. The highest BCUT2D eigenvalue weighted by atomic mass is 32.2. The van der Waals surface area contributed by atoms with Crippen LogP contribution in [-0.2, 0) is 16.6 Å². The number of amides is 1. The molecule has 1 N–H and O–H groups in total. The SMILES string of the molecule is C#CCn1c(=NC(=O)c2cccc(NS(=O)(=O)c3ccccc3)c2)sc2cccc(F)c21. The number of nitrogens with zero attached hydrogens (tertiary/aromatic N) is 2. The Bertz CT molecular complexity index is 1530. The number of hydrogen-bond donors (Lipinski definition) is 1. The molecule has 160 valence electrons. The third-order valence-electron chi connectivity index (χ3n) is 4.51. The summed E-state index contributed by atoms with van der Waals surface area (Å²) in [4.78, 5) is 17.3. The summed E-state index contributed by atoms with van der Waals surface area (Å²) in [6.07, 6.45) is 5.42. The zero-order chi connectivity index (χ0) is 22.7. The van der Waals surface area contributed by atoms with Crippen LogP contribution in [0.5, 0.6) is 0 Å². The van der Waals surface area contributed by atoms with Crippen molar-refractivity contribution < 1.29 is 17.6 Å². The Balaban J connectivity index is 1.70. The fourth-order valence-corrected chi connectivity index (χ4v) is 5.20. The van der Waals surface area contributed by atoms with Crippen LogP contribution in [-0.4, -0.2) is 18.9 Å². The number of carbonyl (C=O) groups excluding carboxylic acids is 1. The zero-order valence-electron chi connectivity index (χ0n) is 16.5. The Morgan fingerprint density at radius 2 is 1.84 bits per heavy atom. The van der Waals surface area contributed by atoms with Gasteiger partial charge in [-0.05, 0) is 42.5 Å². The van der Waals surface area contributed by atoms with Crippen LogP contribution in [0, 0.1) is 18.2 Å². The number of thiazole rings is 1. The molecule has 1 amide bonds. The number of nitrogens with one attached hydrogen (secondary N) is 1. The third kappa shape index (κ3) is 4.32. The highest BCUT2D eigenvalue weighted by Crippen LogP contribution is 2.21. The Morgan fingerprint density at radius 1 is 1.09 bits per heavy atom. The predicted molar refractivity (Wildman–Crippen MR) is 122 cm³/mol. The van der Waals surface area contributed by atoms with Crippen LogP contribution in [0.2, 0.25) is 0 Å². The number of terminal acetylenes is 1. The van der Waals surface area contributed by atoms with Gasteiger partial charge >= 0.3 is 0 Å². The van der Waals surface area contributed by atoms with Crippen molar-refractivity contribution in [3.63, 3.8) is 0 Å². The van der Waals surface area contributed by atoms with E-state index in [1.807, 2.05) is 0 Å². The molecule has 32 heavy (non-hydrogen) atoms. The molecular formula is C23H16FN3O3S2. The summed E-state index contributed by atoms with van der Waals surface area (Å²) in [6, 6.07) is 18.5. The minimum Gasteiger partial charge on any atom is -0.302 e. The van der Waals surface area contributed by atoms with Crippen LogP contribution >= 0.6 is 11.3 Å². The summed E-state index contributed by atoms with van der Waals surface area (Å²) in [5, 5.41) is 0. The van der Waals surface area contributed by atoms with Crippen LogP contribution in [0.4, 0.5) is 10.1 Å². The number of hydrogen-bond acceptors (Lipinski definition) is 4. The van der Waals surface area contributed by atoms with E-state index in [1.165, 1.54) is 41.0 Å². The highest BCUT2D eigenvalue weighted by molar-refractivity contribution is 7.92. The number of sulfonamides is 1. The fraction of sp³-hybridized carbons (Fsp3) is 0.0435. The van der Waals surface area contributed by atoms with E-state index < -0.39 is 21.7 Å². The number of halogens is 1. The van der Waals surface area contributed by atoms with Crippen molar-refractivity contribution in [1.82, 2.24) is 4.57 Å². The van der Waals surface area contributed by atoms with Gasteiger partial charge in [-0.15, -0.1) is 6.42 Å². The van der Waals surface area contributed by atoms with Crippen LogP contribution in [0.25, 0.3) is 10.2 Å². The highest BCUT2D eigenvalue weighted by Gasteiger charge is 2.15. The monoisotopic (exact) mass is 465 g/mol. The third-order valence-corrected chi connectivity index (χ3v) is 6.95. The first kappa shape index (κ1) is 21.5. The van der Waals surface area contributed by atoms with Crippen molar-refractivity contribution in [3.05, 3.63) is 89.0 Å². The van der Waals surface area contributed by atoms with Crippen LogP contribution < -0.4 is 9.52 Å². The molecule has 0 saturated heterocycles. The Labute approximate surface area is 187 Å². The number of para-hydroxylation sites is 1. The summed E-state index contributed by atoms with van der Waals surface area (Å²) in [7, 11) is -3.81. The second-order valence-corrected chi connectivity index (χ2v) is 9.37. The van der Waals surface area contributed by atoms with Gasteiger partial charge in [0.05, 0.1) is 21.7 Å². The van der Waals surface area contributed by atoms with E-state index in [0.717, 1.165) is 11.3 Å². The maximum Gasteiger partial charge on any atom is 0.279 e. The number of benzene rings is 3. The van der Waals surface area contributed by atoms with Gasteiger partial charge in [0.25, 0.3) is 15.9 Å². The van der Waals surface area contributed by atoms with Gasteiger partial charge in [0.15, 0.2) is 4.80 Å². The molecule has 0 radical (unpaired) electrons. The molecule has 4 rings (SSSR count). The molecule has 9 heteroatoms. The summed E-state index contributed by atoms with van der Waals surface area (Å²) < 4.78 is 43.9. The lowest BCUT2D eigenvalue weighted by molar-refractivity contribution is 0.0998. The Morgan fingerprint density at radius 3 is 2.59 bits per heavy atom. The van der Waals surface area contributed by atoms with Gasteiger partial charge < -0.3 is 4.57 Å². The van der Waals surface area contributed by atoms with Gasteiger partial charge in [-0.3, -0.25) is 9.52 Å². The molecule has 0 aliphatic carbocycles. The molecule has 1 heterocycles. The first-order chi connectivity index (χ1) is 15.4. The van der Waals surface area contributed by atoms with Gasteiger partial charge in [0, 0.05) is 11.3 Å². The van der Waals surface area contributed by atoms with E-state index in [-0.39, 0.29) is 33.0 Å². The smallest absolute Gasteiger partial charge is 0.279 e. The van der Waals surface area contributed by atoms with E-state index in [1.54, 1.807) is 36.4 Å². The molecule has 0 aliphatic rings. The van der Waals surface area contributed by atoms with Crippen molar-refractivity contribution in [2.45, 2.75) is 11.4 Å². The van der Waals surface area contributed by atoms with Crippen molar-refractivity contribution in [2.75, 3.05) is 4.72 Å². The minimum absolute atomic E-state index is 0.0456. The Kier molecular flexibility index (Phi) is 5.90. The van der Waals surface area contributed by atoms with Crippen LogP contribution in [0.3, 0.4) is 0 Å². The van der Waals surface area contributed by atoms with E-state index in [9.17, 15) is 17.6 Å². The molecule has 0 atom stereocenters. The maximum absolute atomic E-state index is 14.3. The van der Waals surface area contributed by atoms with Crippen molar-refractivity contribution in [3.8, 4) is 12.3 Å². The van der Waals surface area contributed by atoms with Crippen molar-refractivity contribution in [1.29, 1.82) is 0 Å². The van der Waals surface area contributed by atoms with Gasteiger partial charge in [0.2, 0.25) is 0 Å². The average molecular weight is 466 g/mol. The molecule has 0 saturated carbocycles. The molecule has 0 bridgehead atoms. The molecule has 0 spiro atoms. The van der Waals surface area contributed by atoms with Crippen molar-refractivity contribution >= 4 is 43.2 Å². The van der Waals surface area contributed by atoms with E-state index >= 15 is 0 Å². The van der Waals surface area contributed by atoms with Crippen molar-refractivity contribution in [2.24, 2.45) is 4.99 Å². The first-order valence-electron chi connectivity index (χ1n) is 9.37. The second-order valence-electron chi connectivity index (χ2n) is 6.68. The lowest BCUT2D eigenvalue weighted by Gasteiger charge is -2.08. The summed E-state index contributed by atoms with van der Waals surface area (Å²) >= 11 is 1.14. The number of aromatic nitrogens is 1. The average Bonchev–Trinajstić information content (AvgIpc) is 3.13. The normalized spacial score (nSPS) is 11.9. The molecular weight excluding hydrogens is 449 g/mol. The van der Waals surface area contributed by atoms with Gasteiger partial charge in [-0.1, -0.05) is 47.6 Å². The quantitative estimate of drug-likeness (QED) is 0.452. The van der Waals surface area contributed by atoms with E-state index in [2.05, 4.69) is 15.6 Å². The maximum atomic E-state index is 14.3. The number of carbonyl (C=O) groups is 1. The standard InChI is InChI=1S/C23H16FN3O3S2/c1-2-14-27-21-19(24)12-7-13-20(21)31-23(27)25-22(28)16-8-6-9-17(15-16)26-32(29,30)18-10-4-3-5-11-18/h1,3-13,15,26H,14H2. The lowest BCUT2D eigenvalue weighted by atomic mass is 10.2. The summed E-state index contributed by atoms with van der Waals surface area (Å²) in [6.45, 7) is 0.0456. The lowest BCUT2D eigenvalue weighted by Crippen LogP contribution is -2.17. The first-order valence-corrected chi connectivity index (χ1v) is 11.7. The van der Waals surface area contributed by atoms with Gasteiger partial charge in [-0.2, -0.15) is 4.99 Å². The largest absolute Gasteiger partial charge is 0.302 e. The molecule has 4 aromatic rings. The molecule has 0 fully saturated rings. The second kappa shape index (κ2) is 8.78. The van der Waals surface area contributed by atoms with E-state index in [0.29, 0.717) is 4.70 Å². The number of fused-ring (bicyclic) bond motifs is 1. The van der Waals surface area contributed by atoms with Crippen LogP contribution in [0.1, 0.15) is 10.4 Å². The zero-order valence-corrected chi connectivity index (χ0v) is 18.2. The van der Waals surface area contributed by atoms with Crippen LogP contribution in [0.15, 0.2) is 82.7 Å². The topological polar surface area (TPSA) is 80.5 Å². The van der Waals surface area contributed by atoms with E-state index in [4.69, 9.17) is 6.42 Å². The minimum atomic E-state index is -3.81. The molecule has 6 nitrogen and oxygen atoms in total. The molecule has 0 aliphatic heterocycles. The molecule has 3 aromatic carbocycles. The number of anilines is 1. The van der Waals surface area contributed by atoms with Gasteiger partial charge in [-0.25, -0.2) is 12.8 Å². The molecule has 1 aromatic heterocycles. The summed E-state index contributed by atoms with van der Waals surface area (Å²) in [5.41, 5.74) is 0.670. The predicted octanol–water partition coefficient (Wildman–Crippen LogP) is 4.02. The molecule has 0 unspecified atom stereocenters. The Hall–Kier alpha value is -3.74. The number of rotatable bonds is 5.